The molecule has 1 aliphatic heterocycles. The number of aromatic nitrogens is 1. The second-order valence-corrected chi connectivity index (χ2v) is 23.2. The quantitative estimate of drug-likeness (QED) is 0.180. The molecule has 4 heterocycles. The lowest BCUT2D eigenvalue weighted by molar-refractivity contribution is 0.590. The zero-order chi connectivity index (χ0) is 44.4. The highest BCUT2D eigenvalue weighted by atomic mass is 32.1. The molecule has 315 valence electrons. The molecule has 0 spiro atoms. The molecule has 1 radical (unpaired) electrons. The summed E-state index contributed by atoms with van der Waals surface area (Å²) in [7, 11) is 2.39. The summed E-state index contributed by atoms with van der Waals surface area (Å²) in [6.45, 7) is 25.6. The van der Waals surface area contributed by atoms with E-state index >= 15 is 0 Å². The normalized spacial score (nSPS) is 14.4. The van der Waals surface area contributed by atoms with Gasteiger partial charge in [0.05, 0.1) is 16.9 Å². The number of furan rings is 1. The fraction of sp³-hybridized carbons (Fsp3) is 0.254. The maximum absolute atomic E-state index is 7.05. The summed E-state index contributed by atoms with van der Waals surface area (Å²) in [4.78, 5) is 0. The molecule has 0 bridgehead atoms. The van der Waals surface area contributed by atoms with E-state index in [9.17, 15) is 0 Å². The van der Waals surface area contributed by atoms with E-state index in [0.717, 1.165) is 33.7 Å². The number of nitrogens with zero attached hydrogens (tertiary/aromatic N) is 1. The highest BCUT2D eigenvalue weighted by Crippen LogP contribution is 2.58. The molecule has 3 nitrogen and oxygen atoms in total. The molecule has 1 N–H and O–H groups in total. The summed E-state index contributed by atoms with van der Waals surface area (Å²) in [6, 6.07) is 46.1. The number of nitrogens with one attached hydrogen (secondary N) is 1. The van der Waals surface area contributed by atoms with Gasteiger partial charge in [-0.3, -0.25) is 0 Å². The highest BCUT2D eigenvalue weighted by Gasteiger charge is 2.44. The van der Waals surface area contributed by atoms with Crippen LogP contribution in [0.2, 0.25) is 0 Å². The molecule has 1 aliphatic carbocycles. The molecule has 0 amide bonds. The van der Waals surface area contributed by atoms with Crippen LogP contribution in [0.15, 0.2) is 126 Å². The van der Waals surface area contributed by atoms with Gasteiger partial charge in [-0.05, 0) is 121 Å². The fourth-order valence-electron chi connectivity index (χ4n) is 11.0. The van der Waals surface area contributed by atoms with Gasteiger partial charge in [-0.1, -0.05) is 143 Å². The molecule has 2 aliphatic rings. The van der Waals surface area contributed by atoms with Crippen molar-refractivity contribution in [2.75, 3.05) is 5.32 Å². The maximum atomic E-state index is 7.05. The van der Waals surface area contributed by atoms with Gasteiger partial charge in [0.2, 0.25) is 7.28 Å². The van der Waals surface area contributed by atoms with Crippen molar-refractivity contribution in [1.29, 1.82) is 0 Å². The molecule has 64 heavy (non-hydrogen) atoms. The van der Waals surface area contributed by atoms with Crippen molar-refractivity contribution < 1.29 is 4.42 Å². The fourth-order valence-corrected chi connectivity index (χ4v) is 12.1. The summed E-state index contributed by atoms with van der Waals surface area (Å²) in [5.41, 5.74) is 20.3. The maximum Gasteiger partial charge on any atom is 0.247 e. The van der Waals surface area contributed by atoms with Gasteiger partial charge >= 0.3 is 0 Å². The molecular weight excluding hydrogens is 796 g/mol. The predicted molar refractivity (Wildman–Crippen MR) is 277 cm³/mol. The summed E-state index contributed by atoms with van der Waals surface area (Å²) < 4.78 is 12.2. The minimum absolute atomic E-state index is 0.0188. The molecule has 0 atom stereocenters. The zero-order valence-electron chi connectivity index (χ0n) is 38.9. The Labute approximate surface area is 381 Å². The van der Waals surface area contributed by atoms with Crippen LogP contribution in [-0.2, 0) is 21.7 Å². The molecule has 0 saturated heterocycles. The molecule has 7 aromatic carbocycles. The average Bonchev–Trinajstić information content (AvgIpc) is 3.96. The van der Waals surface area contributed by atoms with Crippen LogP contribution in [0, 0.1) is 0 Å². The average molecular weight is 850 g/mol. The third kappa shape index (κ3) is 5.59. The molecule has 10 aromatic rings. The summed E-state index contributed by atoms with van der Waals surface area (Å²) in [6.07, 6.45) is 0. The van der Waals surface area contributed by atoms with E-state index < -0.39 is 0 Å². The van der Waals surface area contributed by atoms with Crippen molar-refractivity contribution in [2.45, 2.75) is 97.8 Å². The van der Waals surface area contributed by atoms with Crippen molar-refractivity contribution in [2.24, 2.45) is 0 Å². The van der Waals surface area contributed by atoms with Gasteiger partial charge in [-0.2, -0.15) is 0 Å². The van der Waals surface area contributed by atoms with E-state index in [2.05, 4.69) is 215 Å². The molecule has 5 heteroatoms. The molecule has 0 saturated carbocycles. The van der Waals surface area contributed by atoms with Crippen molar-refractivity contribution in [3.8, 4) is 27.9 Å². The minimum atomic E-state index is -0.288. The minimum Gasteiger partial charge on any atom is -0.469 e. The smallest absolute Gasteiger partial charge is 0.247 e. The van der Waals surface area contributed by atoms with Crippen LogP contribution in [0.4, 0.5) is 11.4 Å². The molecule has 0 fully saturated rings. The van der Waals surface area contributed by atoms with Crippen LogP contribution in [0.25, 0.3) is 80.9 Å². The molecule has 3 aromatic heterocycles. The number of anilines is 2. The van der Waals surface area contributed by atoms with E-state index in [4.69, 9.17) is 4.42 Å². The van der Waals surface area contributed by atoms with Gasteiger partial charge in [0.15, 0.2) is 0 Å². The Bertz CT molecular complexity index is 3630. The number of fused-ring (bicyclic) bond motifs is 14. The Morgan fingerprint density at radius 2 is 1.25 bits per heavy atom. The third-order valence-electron chi connectivity index (χ3n) is 14.5. The van der Waals surface area contributed by atoms with E-state index in [1.807, 2.05) is 11.3 Å². The van der Waals surface area contributed by atoms with Crippen LogP contribution in [0.5, 0.6) is 0 Å². The summed E-state index contributed by atoms with van der Waals surface area (Å²) >= 11 is 1.87. The summed E-state index contributed by atoms with van der Waals surface area (Å²) in [5, 5.41) is 10.4. The van der Waals surface area contributed by atoms with E-state index in [1.54, 1.807) is 0 Å². The Hall–Kier alpha value is -6.04. The van der Waals surface area contributed by atoms with E-state index in [0.29, 0.717) is 0 Å². The van der Waals surface area contributed by atoms with E-state index in [-0.39, 0.29) is 21.7 Å². The Kier molecular flexibility index (Phi) is 8.06. The van der Waals surface area contributed by atoms with Crippen LogP contribution in [-0.4, -0.2) is 11.8 Å². The Balaban J connectivity index is 1.27. The lowest BCUT2D eigenvalue weighted by atomic mass is 9.60. The van der Waals surface area contributed by atoms with Crippen molar-refractivity contribution in [1.82, 2.24) is 4.57 Å². The zero-order valence-corrected chi connectivity index (χ0v) is 39.7. The first kappa shape index (κ1) is 39.5. The Morgan fingerprint density at radius 1 is 0.594 bits per heavy atom. The monoisotopic (exact) mass is 849 g/mol. The van der Waals surface area contributed by atoms with Crippen molar-refractivity contribution >= 4 is 94.1 Å². The molecular formula is C59H54BN2OS. The number of benzene rings is 7. The van der Waals surface area contributed by atoms with Crippen LogP contribution >= 0.6 is 11.3 Å². The number of hydrogen-bond acceptors (Lipinski definition) is 3. The second-order valence-electron chi connectivity index (χ2n) is 22.1. The van der Waals surface area contributed by atoms with Gasteiger partial charge in [0.1, 0.15) is 5.58 Å². The predicted octanol–water partition coefficient (Wildman–Crippen LogP) is 15.5. The van der Waals surface area contributed by atoms with Gasteiger partial charge in [0.25, 0.3) is 0 Å². The van der Waals surface area contributed by atoms with E-state index in [1.165, 1.54) is 97.5 Å². The number of rotatable bonds is 3. The molecule has 0 unspecified atom stereocenters. The summed E-state index contributed by atoms with van der Waals surface area (Å²) in [5.74, 6) is 0. The SMILES string of the molecule is CC(C)(C)c1ccc(Nc2cc3sc4ccccc4c3cc2-c2c3c(c4c5cc(C(C)(C)C)ccc5n5c4c2[B]c2oc4ccc(C(C)(C)C)cc4c2-5)C(C)(C)c2ccccc2-3)cc1. The van der Waals surface area contributed by atoms with Gasteiger partial charge in [-0.15, -0.1) is 11.3 Å². The van der Waals surface area contributed by atoms with Gasteiger partial charge in [-0.25, -0.2) is 0 Å². The second kappa shape index (κ2) is 13.0. The topological polar surface area (TPSA) is 30.1 Å². The van der Waals surface area contributed by atoms with Crippen LogP contribution < -0.4 is 16.4 Å². The van der Waals surface area contributed by atoms with Crippen molar-refractivity contribution in [3.63, 3.8) is 0 Å². The Morgan fingerprint density at radius 3 is 1.98 bits per heavy atom. The first-order valence-corrected chi connectivity index (χ1v) is 23.7. The first-order chi connectivity index (χ1) is 30.4. The largest absolute Gasteiger partial charge is 0.469 e. The van der Waals surface area contributed by atoms with Crippen LogP contribution in [0.3, 0.4) is 0 Å². The van der Waals surface area contributed by atoms with Crippen molar-refractivity contribution in [3.05, 3.63) is 149 Å². The van der Waals surface area contributed by atoms with Gasteiger partial charge in [0, 0.05) is 64.2 Å². The number of thiophene rings is 1. The van der Waals surface area contributed by atoms with Gasteiger partial charge < -0.3 is 14.3 Å². The van der Waals surface area contributed by atoms with Crippen LogP contribution in [0.1, 0.15) is 104 Å². The lowest BCUT2D eigenvalue weighted by Crippen LogP contribution is -2.37. The molecule has 12 rings (SSSR count). The number of hydrogen-bond donors (Lipinski definition) is 1. The third-order valence-corrected chi connectivity index (χ3v) is 15.6. The lowest BCUT2D eigenvalue weighted by Gasteiger charge is -2.28. The first-order valence-electron chi connectivity index (χ1n) is 22.9. The standard InChI is InChI=1S/C59H54BN2OS/c1-56(2,3)32-20-24-35(25-21-32)61-43-31-47-38(36-16-13-15-19-46(36)64-47)30-39(43)49-48-37-17-12-14-18-42(37)59(10,11)51(48)50-40-28-33(57(4,5)6)22-26-44(40)62-53-41-29-34(58(7,8)9)23-27-45(41)63-55(53)60-52(49)54(50)62/h12-31,61H,1-11H3. The highest BCUT2D eigenvalue weighted by molar-refractivity contribution is 7.25.